The number of thiazole rings is 1. The Morgan fingerprint density at radius 2 is 2.03 bits per heavy atom. The molecule has 1 fully saturated rings. The summed E-state index contributed by atoms with van der Waals surface area (Å²) in [5.74, 6) is 0.111. The fraction of sp³-hybridized carbons (Fsp3) is 0.476. The number of carbonyl (C=O) groups excluding carboxylic acids is 1. The van der Waals surface area contributed by atoms with Crippen LogP contribution in [0.3, 0.4) is 0 Å². The van der Waals surface area contributed by atoms with Crippen LogP contribution in [0.2, 0.25) is 0 Å². The number of hydrogen-bond donors (Lipinski definition) is 2. The number of guanidine groups is 1. The Morgan fingerprint density at radius 3 is 2.60 bits per heavy atom. The molecule has 1 atom stereocenters. The molecule has 1 aliphatic rings. The van der Waals surface area contributed by atoms with Gasteiger partial charge in [-0.15, -0.1) is 35.3 Å². The van der Waals surface area contributed by atoms with Crippen molar-refractivity contribution >= 4 is 47.2 Å². The fourth-order valence-corrected chi connectivity index (χ4v) is 4.19. The van der Waals surface area contributed by atoms with Gasteiger partial charge in [0.2, 0.25) is 0 Å². The van der Waals surface area contributed by atoms with E-state index in [4.69, 9.17) is 4.74 Å². The summed E-state index contributed by atoms with van der Waals surface area (Å²) >= 11 is 1.34. The van der Waals surface area contributed by atoms with Crippen molar-refractivity contribution in [2.24, 2.45) is 4.99 Å². The van der Waals surface area contributed by atoms with Crippen molar-refractivity contribution in [3.05, 3.63) is 51.2 Å². The van der Waals surface area contributed by atoms with E-state index in [0.717, 1.165) is 30.0 Å². The van der Waals surface area contributed by atoms with Gasteiger partial charge in [-0.3, -0.25) is 4.99 Å². The first-order valence-electron chi connectivity index (χ1n) is 9.76. The maximum atomic E-state index is 13.2. The summed E-state index contributed by atoms with van der Waals surface area (Å²) in [4.78, 5) is 21.4. The van der Waals surface area contributed by atoms with Crippen LogP contribution < -0.4 is 10.6 Å². The number of rotatable bonds is 7. The molecule has 1 aromatic carbocycles. The minimum atomic E-state index is -0.335. The predicted molar refractivity (Wildman–Crippen MR) is 128 cm³/mol. The Kier molecular flexibility index (Phi) is 8.60. The number of aromatic nitrogens is 1. The summed E-state index contributed by atoms with van der Waals surface area (Å²) < 4.78 is 18.3. The van der Waals surface area contributed by atoms with Gasteiger partial charge in [0.25, 0.3) is 0 Å². The fourth-order valence-electron chi connectivity index (χ4n) is 3.22. The van der Waals surface area contributed by atoms with E-state index in [0.29, 0.717) is 23.1 Å². The highest BCUT2D eigenvalue weighted by molar-refractivity contribution is 14.0. The van der Waals surface area contributed by atoms with E-state index in [-0.39, 0.29) is 47.2 Å². The number of halogens is 2. The van der Waals surface area contributed by atoms with Gasteiger partial charge >= 0.3 is 5.97 Å². The van der Waals surface area contributed by atoms with Crippen LogP contribution in [0.1, 0.15) is 58.7 Å². The summed E-state index contributed by atoms with van der Waals surface area (Å²) in [6, 6.07) is 6.62. The molecule has 164 valence electrons. The molecule has 0 radical (unpaired) electrons. The Morgan fingerprint density at radius 1 is 1.37 bits per heavy atom. The van der Waals surface area contributed by atoms with Crippen LogP contribution in [0.4, 0.5) is 4.39 Å². The van der Waals surface area contributed by atoms with E-state index in [1.807, 2.05) is 26.0 Å². The third-order valence-electron chi connectivity index (χ3n) is 5.13. The van der Waals surface area contributed by atoms with Gasteiger partial charge in [0.05, 0.1) is 18.3 Å². The Labute approximate surface area is 197 Å². The van der Waals surface area contributed by atoms with Crippen LogP contribution >= 0.6 is 35.3 Å². The molecule has 1 aromatic heterocycles. The third kappa shape index (κ3) is 5.69. The van der Waals surface area contributed by atoms with Crippen LogP contribution in [-0.2, 0) is 10.2 Å². The minimum Gasteiger partial charge on any atom is -0.462 e. The normalized spacial score (nSPS) is 15.7. The highest BCUT2D eigenvalue weighted by Gasteiger charge is 2.44. The lowest BCUT2D eigenvalue weighted by Gasteiger charge is -2.21. The van der Waals surface area contributed by atoms with Gasteiger partial charge < -0.3 is 15.4 Å². The number of benzene rings is 1. The molecule has 0 aliphatic heterocycles. The van der Waals surface area contributed by atoms with Crippen molar-refractivity contribution in [3.8, 4) is 0 Å². The zero-order valence-electron chi connectivity index (χ0n) is 17.6. The molecular weight excluding hydrogens is 518 g/mol. The van der Waals surface area contributed by atoms with Gasteiger partial charge in [-0.05, 0) is 51.3 Å². The van der Waals surface area contributed by atoms with Gasteiger partial charge in [0, 0.05) is 19.0 Å². The Balaban J connectivity index is 0.00000320. The van der Waals surface area contributed by atoms with Crippen molar-refractivity contribution in [2.75, 3.05) is 20.2 Å². The van der Waals surface area contributed by atoms with Gasteiger partial charge in [0.1, 0.15) is 15.7 Å². The molecule has 2 N–H and O–H groups in total. The number of esters is 1. The zero-order chi connectivity index (χ0) is 21.0. The van der Waals surface area contributed by atoms with Crippen LogP contribution in [0, 0.1) is 12.7 Å². The molecular formula is C21H28FIN4O2S. The van der Waals surface area contributed by atoms with E-state index < -0.39 is 0 Å². The zero-order valence-corrected chi connectivity index (χ0v) is 20.8. The maximum Gasteiger partial charge on any atom is 0.350 e. The molecule has 0 bridgehead atoms. The van der Waals surface area contributed by atoms with Gasteiger partial charge in [0.15, 0.2) is 5.96 Å². The number of carbonyl (C=O) groups is 1. The van der Waals surface area contributed by atoms with Gasteiger partial charge in [-0.1, -0.05) is 12.1 Å². The number of aryl methyl sites for hydroxylation is 1. The smallest absolute Gasteiger partial charge is 0.350 e. The standard InChI is InChI=1S/C21H27FN4O2S.HI/c1-5-28-19(27)17-13(2)25-18(29-17)14(3)26-20(23-4)24-12-21(10-11-21)15-6-8-16(22)9-7-15;/h6-9,14H,5,10-12H2,1-4H3,(H2,23,24,26);1H. The minimum absolute atomic E-state index is 0. The van der Waals surface area contributed by atoms with Crippen molar-refractivity contribution in [3.63, 3.8) is 0 Å². The molecule has 1 saturated carbocycles. The summed E-state index contributed by atoms with van der Waals surface area (Å²) in [6.45, 7) is 6.63. The van der Waals surface area contributed by atoms with E-state index in [1.54, 1.807) is 14.0 Å². The predicted octanol–water partition coefficient (Wildman–Crippen LogP) is 4.34. The van der Waals surface area contributed by atoms with Crippen LogP contribution in [0.5, 0.6) is 0 Å². The highest BCUT2D eigenvalue weighted by atomic mass is 127. The molecule has 0 saturated heterocycles. The Hall–Kier alpha value is -1.75. The molecule has 1 aliphatic carbocycles. The van der Waals surface area contributed by atoms with Crippen LogP contribution in [0.25, 0.3) is 0 Å². The van der Waals surface area contributed by atoms with Crippen molar-refractivity contribution in [1.29, 1.82) is 0 Å². The number of hydrogen-bond acceptors (Lipinski definition) is 5. The molecule has 2 aromatic rings. The first-order chi connectivity index (χ1) is 13.9. The van der Waals surface area contributed by atoms with E-state index in [2.05, 4.69) is 20.6 Å². The first-order valence-corrected chi connectivity index (χ1v) is 10.6. The summed E-state index contributed by atoms with van der Waals surface area (Å²) in [5, 5.41) is 7.51. The molecule has 1 unspecified atom stereocenters. The number of nitrogens with zero attached hydrogens (tertiary/aromatic N) is 2. The summed E-state index contributed by atoms with van der Waals surface area (Å²) in [7, 11) is 1.72. The van der Waals surface area contributed by atoms with Gasteiger partial charge in [-0.2, -0.15) is 0 Å². The number of aliphatic imine (C=N–C) groups is 1. The Bertz CT molecular complexity index is 897. The lowest BCUT2D eigenvalue weighted by atomic mass is 9.96. The average Bonchev–Trinajstić information content (AvgIpc) is 3.39. The number of ether oxygens (including phenoxy) is 1. The van der Waals surface area contributed by atoms with E-state index in [1.165, 1.54) is 23.5 Å². The van der Waals surface area contributed by atoms with E-state index in [9.17, 15) is 9.18 Å². The van der Waals surface area contributed by atoms with Crippen molar-refractivity contribution in [1.82, 2.24) is 15.6 Å². The summed E-state index contributed by atoms with van der Waals surface area (Å²) in [6.07, 6.45) is 2.12. The lowest BCUT2D eigenvalue weighted by Crippen LogP contribution is -2.42. The molecule has 6 nitrogen and oxygen atoms in total. The molecule has 1 heterocycles. The topological polar surface area (TPSA) is 75.6 Å². The molecule has 3 rings (SSSR count). The maximum absolute atomic E-state index is 13.2. The van der Waals surface area contributed by atoms with E-state index >= 15 is 0 Å². The average molecular weight is 546 g/mol. The van der Waals surface area contributed by atoms with Gasteiger partial charge in [-0.25, -0.2) is 14.2 Å². The number of nitrogens with one attached hydrogen (secondary N) is 2. The van der Waals surface area contributed by atoms with Crippen LogP contribution in [-0.4, -0.2) is 37.1 Å². The largest absolute Gasteiger partial charge is 0.462 e. The van der Waals surface area contributed by atoms with Crippen molar-refractivity contribution in [2.45, 2.75) is 45.1 Å². The molecule has 0 amide bonds. The second kappa shape index (κ2) is 10.5. The molecule has 0 spiro atoms. The monoisotopic (exact) mass is 546 g/mol. The lowest BCUT2D eigenvalue weighted by molar-refractivity contribution is 0.0531. The highest BCUT2D eigenvalue weighted by Crippen LogP contribution is 2.47. The molecule has 9 heteroatoms. The quantitative estimate of drug-likeness (QED) is 0.234. The second-order valence-corrected chi connectivity index (χ2v) is 8.30. The van der Waals surface area contributed by atoms with Crippen molar-refractivity contribution < 1.29 is 13.9 Å². The summed E-state index contributed by atoms with van der Waals surface area (Å²) in [5.41, 5.74) is 1.85. The second-order valence-electron chi connectivity index (χ2n) is 7.27. The third-order valence-corrected chi connectivity index (χ3v) is 6.45. The van der Waals surface area contributed by atoms with Crippen LogP contribution in [0.15, 0.2) is 29.3 Å². The first kappa shape index (κ1) is 24.5. The molecule has 30 heavy (non-hydrogen) atoms. The SMILES string of the molecule is CCOC(=O)c1sc(C(C)NC(=NC)NCC2(c3ccc(F)cc3)CC2)nc1C.I.